The summed E-state index contributed by atoms with van der Waals surface area (Å²) in [6, 6.07) is 20.6. The summed E-state index contributed by atoms with van der Waals surface area (Å²) in [5.41, 5.74) is 6.93. The number of rotatable bonds is 10. The maximum atomic E-state index is 13.7. The molecule has 4 heterocycles. The number of phenols is 1. The first kappa shape index (κ1) is 33.7. The smallest absolute Gasteiger partial charge is 0.257 e. The number of aliphatic hydroxyl groups excluding tert-OH is 1. The van der Waals surface area contributed by atoms with Gasteiger partial charge in [0.2, 0.25) is 0 Å². The molecule has 2 N–H and O–H groups in total. The van der Waals surface area contributed by atoms with Crippen LogP contribution in [0.1, 0.15) is 63.7 Å². The molecule has 268 valence electrons. The van der Waals surface area contributed by atoms with Gasteiger partial charge in [-0.2, -0.15) is 0 Å². The lowest BCUT2D eigenvalue weighted by molar-refractivity contribution is -0.0198. The van der Waals surface area contributed by atoms with Crippen molar-refractivity contribution in [3.8, 4) is 28.7 Å². The number of ether oxygens (including phenoxy) is 4. The number of amides is 1. The van der Waals surface area contributed by atoms with E-state index in [0.29, 0.717) is 78.2 Å². The maximum absolute atomic E-state index is 13.7. The second kappa shape index (κ2) is 14.3. The third-order valence-electron chi connectivity index (χ3n) is 10.4. The number of methoxy groups -OCH3 is 2. The Hall–Kier alpha value is -5.39. The Balaban J connectivity index is 0.863. The second-order valence-corrected chi connectivity index (χ2v) is 13.6. The molecule has 4 aromatic carbocycles. The van der Waals surface area contributed by atoms with Gasteiger partial charge in [-0.3, -0.25) is 19.7 Å². The van der Waals surface area contributed by atoms with E-state index in [1.54, 1.807) is 44.6 Å². The molecular weight excluding hydrogens is 660 g/mol. The van der Waals surface area contributed by atoms with Crippen molar-refractivity contribution in [2.24, 2.45) is 9.98 Å². The van der Waals surface area contributed by atoms with Crippen molar-refractivity contribution in [1.29, 1.82) is 0 Å². The fourth-order valence-corrected chi connectivity index (χ4v) is 7.59. The van der Waals surface area contributed by atoms with Gasteiger partial charge in [0.25, 0.3) is 5.91 Å². The van der Waals surface area contributed by atoms with Crippen LogP contribution in [0, 0.1) is 0 Å². The van der Waals surface area contributed by atoms with Crippen LogP contribution < -0.4 is 18.9 Å². The molecule has 0 saturated heterocycles. The number of carbonyl (C=O) groups excluding carboxylic acids is 1. The highest BCUT2D eigenvalue weighted by Crippen LogP contribution is 2.43. The first-order chi connectivity index (χ1) is 25.4. The molecule has 1 amide bonds. The fraction of sp³-hybridized carbons (Fsp3) is 0.341. The van der Waals surface area contributed by atoms with E-state index in [2.05, 4.69) is 12.1 Å². The number of aliphatic imine (C=N–C) groups is 2. The van der Waals surface area contributed by atoms with Gasteiger partial charge >= 0.3 is 0 Å². The number of hydrogen-bond donors (Lipinski definition) is 2. The summed E-state index contributed by atoms with van der Waals surface area (Å²) in [5, 5.41) is 21.5. The Morgan fingerprint density at radius 3 is 2.13 bits per heavy atom. The van der Waals surface area contributed by atoms with Crippen molar-refractivity contribution >= 4 is 29.7 Å². The number of fused-ring (bicyclic) bond motifs is 6. The Morgan fingerprint density at radius 1 is 0.712 bits per heavy atom. The standard InChI is InChI=1S/C41H42N4O7/c1-49-36-17-32-34(42-21-29-14-25-8-4-5-9-27(25)23-44(29)40(32)47)19-38(36)51-12-6-3-7-13-52-39-20-35-33(18-37(39)50-2)41(48)45-24-28-16-31(46)11-10-26(28)15-30(45)22-43-35/h4-5,8-11,16-22,29-30,41,46,48H,3,6-7,12-15,23-24H2,1-2H3/t29-,30-,41?/m0/s1. The number of aromatic hydroxyl groups is 1. The highest BCUT2D eigenvalue weighted by atomic mass is 16.5. The van der Waals surface area contributed by atoms with Crippen molar-refractivity contribution in [3.63, 3.8) is 0 Å². The average Bonchev–Trinajstić information content (AvgIpc) is 3.38. The summed E-state index contributed by atoms with van der Waals surface area (Å²) >= 11 is 0. The van der Waals surface area contributed by atoms with Gasteiger partial charge in [-0.1, -0.05) is 30.3 Å². The largest absolute Gasteiger partial charge is 0.508 e. The normalized spacial score (nSPS) is 19.9. The van der Waals surface area contributed by atoms with Gasteiger partial charge in [-0.15, -0.1) is 0 Å². The van der Waals surface area contributed by atoms with Crippen LogP contribution in [0.2, 0.25) is 0 Å². The summed E-state index contributed by atoms with van der Waals surface area (Å²) in [4.78, 5) is 27.0. The first-order valence-electron chi connectivity index (χ1n) is 17.8. The van der Waals surface area contributed by atoms with E-state index in [9.17, 15) is 15.0 Å². The molecule has 0 spiro atoms. The van der Waals surface area contributed by atoms with E-state index >= 15 is 0 Å². The minimum absolute atomic E-state index is 0.0605. The van der Waals surface area contributed by atoms with Crippen LogP contribution in [0.25, 0.3) is 0 Å². The maximum Gasteiger partial charge on any atom is 0.257 e. The summed E-state index contributed by atoms with van der Waals surface area (Å²) < 4.78 is 23.6. The molecule has 0 radical (unpaired) electrons. The SMILES string of the molecule is COc1cc2c(cc1OCCCCCOc1cc3c(cc1OC)C(O)N1Cc4cc(O)ccc4C[C@H]1C=N3)N=C[C@@H]1Cc3ccccc3CN1C2=O. The minimum Gasteiger partial charge on any atom is -0.508 e. The molecule has 8 rings (SSSR count). The quantitative estimate of drug-likeness (QED) is 0.181. The molecule has 0 aromatic heterocycles. The monoisotopic (exact) mass is 702 g/mol. The van der Waals surface area contributed by atoms with Crippen molar-refractivity contribution in [3.05, 3.63) is 100 Å². The number of benzene rings is 4. The minimum atomic E-state index is -0.897. The van der Waals surface area contributed by atoms with Crippen LogP contribution in [-0.2, 0) is 25.9 Å². The van der Waals surface area contributed by atoms with Crippen molar-refractivity contribution < 1.29 is 34.0 Å². The van der Waals surface area contributed by atoms with Gasteiger partial charge in [0.1, 0.15) is 12.0 Å². The van der Waals surface area contributed by atoms with Crippen LogP contribution in [0.3, 0.4) is 0 Å². The highest BCUT2D eigenvalue weighted by Gasteiger charge is 2.35. The molecule has 4 aliphatic heterocycles. The highest BCUT2D eigenvalue weighted by molar-refractivity contribution is 6.03. The topological polar surface area (TPSA) is 126 Å². The summed E-state index contributed by atoms with van der Waals surface area (Å²) in [6.07, 6.45) is 6.72. The number of aliphatic hydroxyl groups is 1. The van der Waals surface area contributed by atoms with Gasteiger partial charge in [0, 0.05) is 43.2 Å². The fourth-order valence-electron chi connectivity index (χ4n) is 7.59. The number of hydrogen-bond acceptors (Lipinski definition) is 10. The lowest BCUT2D eigenvalue weighted by Gasteiger charge is -2.37. The van der Waals surface area contributed by atoms with E-state index in [-0.39, 0.29) is 23.7 Å². The number of carbonyl (C=O) groups is 1. The van der Waals surface area contributed by atoms with E-state index < -0.39 is 6.23 Å². The van der Waals surface area contributed by atoms with E-state index in [4.69, 9.17) is 28.9 Å². The predicted octanol–water partition coefficient (Wildman–Crippen LogP) is 6.45. The van der Waals surface area contributed by atoms with Crippen LogP contribution in [0.4, 0.5) is 11.4 Å². The lowest BCUT2D eigenvalue weighted by Crippen LogP contribution is -2.44. The molecular formula is C41H42N4O7. The third-order valence-corrected chi connectivity index (χ3v) is 10.4. The Labute approximate surface area is 302 Å². The molecule has 0 aliphatic carbocycles. The second-order valence-electron chi connectivity index (χ2n) is 13.6. The third kappa shape index (κ3) is 6.46. The molecule has 1 unspecified atom stereocenters. The van der Waals surface area contributed by atoms with E-state index in [0.717, 1.165) is 36.8 Å². The van der Waals surface area contributed by atoms with Crippen LogP contribution in [-0.4, -0.2) is 77.9 Å². The van der Waals surface area contributed by atoms with Crippen LogP contribution in [0.15, 0.2) is 76.7 Å². The van der Waals surface area contributed by atoms with Crippen molar-refractivity contribution in [2.45, 2.75) is 63.5 Å². The van der Waals surface area contributed by atoms with Crippen LogP contribution >= 0.6 is 0 Å². The molecule has 0 bridgehead atoms. The first-order valence-corrected chi connectivity index (χ1v) is 17.8. The van der Waals surface area contributed by atoms with Crippen molar-refractivity contribution in [1.82, 2.24) is 9.80 Å². The molecule has 52 heavy (non-hydrogen) atoms. The van der Waals surface area contributed by atoms with E-state index in [1.165, 1.54) is 11.1 Å². The Kier molecular flexibility index (Phi) is 9.29. The van der Waals surface area contributed by atoms with Gasteiger partial charge in [0.05, 0.1) is 56.5 Å². The summed E-state index contributed by atoms with van der Waals surface area (Å²) in [6.45, 7) is 1.98. The van der Waals surface area contributed by atoms with Gasteiger partial charge in [-0.25, -0.2) is 0 Å². The molecule has 4 aliphatic rings. The lowest BCUT2D eigenvalue weighted by atomic mass is 9.93. The molecule has 3 atom stereocenters. The van der Waals surface area contributed by atoms with Gasteiger partial charge in [0.15, 0.2) is 23.0 Å². The Morgan fingerprint density at radius 2 is 1.37 bits per heavy atom. The zero-order valence-corrected chi connectivity index (χ0v) is 29.3. The summed E-state index contributed by atoms with van der Waals surface area (Å²) in [5.74, 6) is 2.32. The molecule has 4 aromatic rings. The van der Waals surface area contributed by atoms with Crippen LogP contribution in [0.5, 0.6) is 28.7 Å². The number of phenolic OH excluding ortho intramolecular Hbond substituents is 1. The summed E-state index contributed by atoms with van der Waals surface area (Å²) in [7, 11) is 3.16. The Bertz CT molecular complexity index is 2060. The molecule has 11 nitrogen and oxygen atoms in total. The number of nitrogens with zero attached hydrogens (tertiary/aromatic N) is 4. The zero-order chi connectivity index (χ0) is 35.8. The predicted molar refractivity (Wildman–Crippen MR) is 197 cm³/mol. The van der Waals surface area contributed by atoms with E-state index in [1.807, 2.05) is 46.5 Å². The molecule has 11 heteroatoms. The number of unbranched alkanes of at least 4 members (excludes halogenated alkanes) is 2. The molecule has 0 fully saturated rings. The zero-order valence-electron chi connectivity index (χ0n) is 29.3. The van der Waals surface area contributed by atoms with Gasteiger partial charge in [-0.05, 0) is 78.6 Å². The molecule has 0 saturated carbocycles. The van der Waals surface area contributed by atoms with Gasteiger partial charge < -0.3 is 34.1 Å². The average molecular weight is 703 g/mol. The van der Waals surface area contributed by atoms with Crippen molar-refractivity contribution in [2.75, 3.05) is 27.4 Å².